The topological polar surface area (TPSA) is 34.7 Å². The zero-order valence-electron chi connectivity index (χ0n) is 12.7. The van der Waals surface area contributed by atoms with Gasteiger partial charge >= 0.3 is 0 Å². The number of rotatable bonds is 3. The molecule has 0 aromatic heterocycles. The van der Waals surface area contributed by atoms with Crippen molar-refractivity contribution in [2.75, 3.05) is 46.4 Å². The number of ether oxygens (including phenoxy) is 1. The molecule has 0 bridgehead atoms. The summed E-state index contributed by atoms with van der Waals surface area (Å²) in [5.74, 6) is 1.04. The standard InChI is InChI=1S/C16H25N3O/c1-3-20-14-5-4-13-11-17-12-16(15(13)10-14)19-8-6-18(2)7-9-19/h4-5,10,16-17H,3,6-9,11-12H2,1-2H3/p+3/t16-/m1/s1. The number of quaternary nitrogens is 3. The predicted molar refractivity (Wildman–Crippen MR) is 78.2 cm³/mol. The van der Waals surface area contributed by atoms with Crippen LogP contribution in [0.4, 0.5) is 0 Å². The van der Waals surface area contributed by atoms with E-state index >= 15 is 0 Å². The van der Waals surface area contributed by atoms with Gasteiger partial charge in [0, 0.05) is 11.1 Å². The van der Waals surface area contributed by atoms with Crippen molar-refractivity contribution < 1.29 is 19.9 Å². The van der Waals surface area contributed by atoms with E-state index in [2.05, 4.69) is 37.5 Å². The van der Waals surface area contributed by atoms with Gasteiger partial charge in [-0.25, -0.2) is 0 Å². The molecule has 110 valence electrons. The fourth-order valence-corrected chi connectivity index (χ4v) is 3.61. The number of nitrogens with one attached hydrogen (secondary N) is 2. The number of fused-ring (bicyclic) bond motifs is 1. The van der Waals surface area contributed by atoms with Crippen LogP contribution in [0.5, 0.6) is 5.75 Å². The predicted octanol–water partition coefficient (Wildman–Crippen LogP) is -2.38. The van der Waals surface area contributed by atoms with Gasteiger partial charge in [0.25, 0.3) is 0 Å². The number of nitrogens with two attached hydrogens (primary N) is 1. The van der Waals surface area contributed by atoms with Gasteiger partial charge in [0.2, 0.25) is 0 Å². The van der Waals surface area contributed by atoms with Gasteiger partial charge in [-0.3, -0.25) is 0 Å². The molecule has 0 amide bonds. The highest BCUT2D eigenvalue weighted by Gasteiger charge is 2.34. The number of piperazine rings is 1. The molecule has 3 rings (SSSR count). The van der Waals surface area contributed by atoms with Gasteiger partial charge in [-0.15, -0.1) is 0 Å². The maximum Gasteiger partial charge on any atom is 0.164 e. The fourth-order valence-electron chi connectivity index (χ4n) is 3.61. The lowest BCUT2D eigenvalue weighted by atomic mass is 9.94. The molecule has 0 radical (unpaired) electrons. The van der Waals surface area contributed by atoms with E-state index in [0.29, 0.717) is 6.04 Å². The molecule has 1 fully saturated rings. The summed E-state index contributed by atoms with van der Waals surface area (Å²) in [6, 6.07) is 7.34. The Balaban J connectivity index is 1.82. The van der Waals surface area contributed by atoms with Crippen LogP contribution in [-0.4, -0.2) is 46.4 Å². The summed E-state index contributed by atoms with van der Waals surface area (Å²) in [5, 5.41) is 2.46. The Hall–Kier alpha value is -1.10. The Kier molecular flexibility index (Phi) is 4.24. The minimum Gasteiger partial charge on any atom is -0.494 e. The molecule has 2 aliphatic heterocycles. The van der Waals surface area contributed by atoms with E-state index in [4.69, 9.17) is 4.74 Å². The average molecular weight is 278 g/mol. The highest BCUT2D eigenvalue weighted by molar-refractivity contribution is 5.37. The van der Waals surface area contributed by atoms with Crippen LogP contribution in [-0.2, 0) is 6.54 Å². The van der Waals surface area contributed by atoms with Gasteiger partial charge in [0.15, 0.2) is 6.04 Å². The maximum absolute atomic E-state index is 5.70. The van der Waals surface area contributed by atoms with Crippen LogP contribution in [0.25, 0.3) is 0 Å². The first-order chi connectivity index (χ1) is 9.78. The second-order valence-corrected chi connectivity index (χ2v) is 6.19. The molecule has 20 heavy (non-hydrogen) atoms. The third kappa shape index (κ3) is 2.82. The van der Waals surface area contributed by atoms with Crippen molar-refractivity contribution in [3.63, 3.8) is 0 Å². The molecule has 0 spiro atoms. The molecule has 4 nitrogen and oxygen atoms in total. The van der Waals surface area contributed by atoms with E-state index in [1.165, 1.54) is 43.9 Å². The molecule has 2 aliphatic rings. The SMILES string of the molecule is CCOc1ccc2c(c1)[C@H]([NH+]1CC[NH+](C)CC1)C[NH2+]C2. The summed E-state index contributed by atoms with van der Waals surface area (Å²) in [6.07, 6.45) is 0. The summed E-state index contributed by atoms with van der Waals surface area (Å²) in [6.45, 7) is 10.3. The molecule has 4 N–H and O–H groups in total. The second-order valence-electron chi connectivity index (χ2n) is 6.19. The zero-order chi connectivity index (χ0) is 13.9. The van der Waals surface area contributed by atoms with Crippen LogP contribution < -0.4 is 19.9 Å². The van der Waals surface area contributed by atoms with Crippen LogP contribution >= 0.6 is 0 Å². The van der Waals surface area contributed by atoms with Gasteiger partial charge in [-0.1, -0.05) is 0 Å². The van der Waals surface area contributed by atoms with Crippen LogP contribution in [0.1, 0.15) is 24.1 Å². The highest BCUT2D eigenvalue weighted by atomic mass is 16.5. The molecule has 0 unspecified atom stereocenters. The van der Waals surface area contributed by atoms with Crippen molar-refractivity contribution in [1.82, 2.24) is 0 Å². The van der Waals surface area contributed by atoms with Crippen molar-refractivity contribution in [2.45, 2.75) is 19.5 Å². The summed E-state index contributed by atoms with van der Waals surface area (Å²) in [4.78, 5) is 3.44. The molecule has 1 saturated heterocycles. The van der Waals surface area contributed by atoms with E-state index in [9.17, 15) is 0 Å². The lowest BCUT2D eigenvalue weighted by Gasteiger charge is -2.35. The average Bonchev–Trinajstić information content (AvgIpc) is 2.48. The Morgan fingerprint density at radius 3 is 2.80 bits per heavy atom. The van der Waals surface area contributed by atoms with Crippen LogP contribution in [0.3, 0.4) is 0 Å². The third-order valence-electron chi connectivity index (χ3n) is 4.81. The van der Waals surface area contributed by atoms with Crippen molar-refractivity contribution in [2.24, 2.45) is 0 Å². The monoisotopic (exact) mass is 278 g/mol. The van der Waals surface area contributed by atoms with Crippen molar-refractivity contribution in [3.8, 4) is 5.75 Å². The molecule has 2 heterocycles. The number of likely N-dealkylation sites (N-methyl/N-ethyl adjacent to an activating group) is 1. The molecule has 4 heteroatoms. The number of hydrogen-bond donors (Lipinski definition) is 3. The maximum atomic E-state index is 5.70. The number of benzene rings is 1. The largest absolute Gasteiger partial charge is 0.494 e. The van der Waals surface area contributed by atoms with Gasteiger partial charge < -0.3 is 19.9 Å². The normalized spacial score (nSPS) is 29.8. The summed E-state index contributed by atoms with van der Waals surface area (Å²) >= 11 is 0. The summed E-state index contributed by atoms with van der Waals surface area (Å²) < 4.78 is 5.70. The van der Waals surface area contributed by atoms with Gasteiger partial charge in [-0.05, 0) is 25.1 Å². The lowest BCUT2D eigenvalue weighted by Crippen LogP contribution is -3.28. The Bertz CT molecular complexity index is 455. The van der Waals surface area contributed by atoms with E-state index in [-0.39, 0.29) is 0 Å². The zero-order valence-corrected chi connectivity index (χ0v) is 12.7. The highest BCUT2D eigenvalue weighted by Crippen LogP contribution is 2.23. The second kappa shape index (κ2) is 6.12. The van der Waals surface area contributed by atoms with E-state index in [1.807, 2.05) is 0 Å². The molecular formula is C16H28N3O+3. The molecule has 0 aliphatic carbocycles. The smallest absolute Gasteiger partial charge is 0.164 e. The molecular weight excluding hydrogens is 250 g/mol. The van der Waals surface area contributed by atoms with Crippen LogP contribution in [0, 0.1) is 0 Å². The molecule has 0 saturated carbocycles. The molecule has 1 atom stereocenters. The third-order valence-corrected chi connectivity index (χ3v) is 4.81. The molecule has 1 aromatic carbocycles. The Labute approximate surface area is 121 Å². The van der Waals surface area contributed by atoms with Crippen LogP contribution in [0.15, 0.2) is 18.2 Å². The van der Waals surface area contributed by atoms with E-state index < -0.39 is 0 Å². The Morgan fingerprint density at radius 2 is 2.05 bits per heavy atom. The number of hydrogen-bond acceptors (Lipinski definition) is 1. The van der Waals surface area contributed by atoms with Crippen molar-refractivity contribution in [3.05, 3.63) is 29.3 Å². The minimum atomic E-state index is 0.646. The van der Waals surface area contributed by atoms with Crippen molar-refractivity contribution >= 4 is 0 Å². The quantitative estimate of drug-likeness (QED) is 0.567. The minimum absolute atomic E-state index is 0.646. The first kappa shape index (κ1) is 13.9. The summed E-state index contributed by atoms with van der Waals surface area (Å²) in [5.41, 5.74) is 3.04. The van der Waals surface area contributed by atoms with Crippen LogP contribution in [0.2, 0.25) is 0 Å². The van der Waals surface area contributed by atoms with Gasteiger partial charge in [0.05, 0.1) is 13.7 Å². The fraction of sp³-hybridized carbons (Fsp3) is 0.625. The molecule has 1 aromatic rings. The first-order valence-electron chi connectivity index (χ1n) is 8.01. The lowest BCUT2D eigenvalue weighted by molar-refractivity contribution is -1.03. The van der Waals surface area contributed by atoms with Crippen molar-refractivity contribution in [1.29, 1.82) is 0 Å². The van der Waals surface area contributed by atoms with E-state index in [0.717, 1.165) is 18.9 Å². The van der Waals surface area contributed by atoms with E-state index in [1.54, 1.807) is 9.80 Å². The Morgan fingerprint density at radius 1 is 1.25 bits per heavy atom. The van der Waals surface area contributed by atoms with Gasteiger partial charge in [0.1, 0.15) is 45.0 Å². The van der Waals surface area contributed by atoms with Gasteiger partial charge in [-0.2, -0.15) is 0 Å². The summed E-state index contributed by atoms with van der Waals surface area (Å²) in [7, 11) is 2.31. The first-order valence-corrected chi connectivity index (χ1v) is 8.01.